The molecule has 4 rings (SSSR count). The number of nitrogens with one attached hydrogen (secondary N) is 2. The lowest BCUT2D eigenvalue weighted by atomic mass is 10.2. The van der Waals surface area contributed by atoms with Crippen molar-refractivity contribution < 1.29 is 14.3 Å². The lowest BCUT2D eigenvalue weighted by molar-refractivity contribution is 0.102. The molecule has 0 radical (unpaired) electrons. The van der Waals surface area contributed by atoms with Crippen LogP contribution in [0.2, 0.25) is 0 Å². The summed E-state index contributed by atoms with van der Waals surface area (Å²) in [6.07, 6.45) is 0. The van der Waals surface area contributed by atoms with Crippen molar-refractivity contribution >= 4 is 23.1 Å². The van der Waals surface area contributed by atoms with Gasteiger partial charge in [0.15, 0.2) is 23.0 Å². The molecule has 1 amide bonds. The van der Waals surface area contributed by atoms with Crippen molar-refractivity contribution in [2.75, 3.05) is 23.8 Å². The maximum absolute atomic E-state index is 12.4. The van der Waals surface area contributed by atoms with Crippen LogP contribution in [-0.2, 0) is 0 Å². The second kappa shape index (κ2) is 7.63. The van der Waals surface area contributed by atoms with Crippen LogP contribution in [0.25, 0.3) is 0 Å². The van der Waals surface area contributed by atoms with E-state index in [1.165, 1.54) is 0 Å². The fraction of sp³-hybridized carbons (Fsp3) is 0.100. The van der Waals surface area contributed by atoms with Gasteiger partial charge in [0.05, 0.1) is 11.6 Å². The van der Waals surface area contributed by atoms with Crippen LogP contribution >= 0.6 is 0 Å². The molecule has 0 aliphatic carbocycles. The van der Waals surface area contributed by atoms with Crippen molar-refractivity contribution in [2.45, 2.75) is 0 Å². The van der Waals surface area contributed by atoms with Gasteiger partial charge in [0.1, 0.15) is 13.2 Å². The lowest BCUT2D eigenvalue weighted by Crippen LogP contribution is -2.17. The Balaban J connectivity index is 1.43. The standard InChI is InChI=1S/C20H15N5O3/c21-12-13-2-1-3-14(10-13)22-19-7-5-16(24-25-19)20(26)23-15-4-6-17-18(11-15)28-9-8-27-17/h1-7,10-11H,8-9H2,(H,22,25)(H,23,26). The van der Waals surface area contributed by atoms with Crippen molar-refractivity contribution in [3.05, 3.63) is 65.9 Å². The highest BCUT2D eigenvalue weighted by Crippen LogP contribution is 2.32. The van der Waals surface area contributed by atoms with Crippen LogP contribution in [0.1, 0.15) is 16.1 Å². The number of fused-ring (bicyclic) bond motifs is 1. The average Bonchev–Trinajstić information content (AvgIpc) is 2.74. The minimum Gasteiger partial charge on any atom is -0.486 e. The molecule has 28 heavy (non-hydrogen) atoms. The number of aromatic nitrogens is 2. The summed E-state index contributed by atoms with van der Waals surface area (Å²) in [5.74, 6) is 1.32. The maximum Gasteiger partial charge on any atom is 0.276 e. The zero-order chi connectivity index (χ0) is 19.3. The van der Waals surface area contributed by atoms with Gasteiger partial charge in [0.2, 0.25) is 0 Å². The summed E-state index contributed by atoms with van der Waals surface area (Å²) in [7, 11) is 0. The van der Waals surface area contributed by atoms with Gasteiger partial charge >= 0.3 is 0 Å². The topological polar surface area (TPSA) is 109 Å². The Hall–Kier alpha value is -4.12. The highest BCUT2D eigenvalue weighted by atomic mass is 16.6. The first kappa shape index (κ1) is 17.3. The van der Waals surface area contributed by atoms with Gasteiger partial charge in [0.25, 0.3) is 5.91 Å². The zero-order valence-corrected chi connectivity index (χ0v) is 14.7. The molecule has 2 aromatic carbocycles. The normalized spacial score (nSPS) is 12.0. The molecule has 0 unspecified atom stereocenters. The SMILES string of the molecule is N#Cc1cccc(Nc2ccc(C(=O)Nc3ccc4c(c3)OCCO4)nn2)c1. The molecule has 138 valence electrons. The van der Waals surface area contributed by atoms with Crippen LogP contribution in [0.15, 0.2) is 54.6 Å². The van der Waals surface area contributed by atoms with Crippen molar-refractivity contribution in [2.24, 2.45) is 0 Å². The van der Waals surface area contributed by atoms with E-state index in [1.54, 1.807) is 48.5 Å². The van der Waals surface area contributed by atoms with Crippen LogP contribution in [0.3, 0.4) is 0 Å². The number of anilines is 3. The lowest BCUT2D eigenvalue weighted by Gasteiger charge is -2.18. The Kier molecular flexibility index (Phi) is 4.72. The van der Waals surface area contributed by atoms with E-state index in [9.17, 15) is 4.79 Å². The molecule has 2 heterocycles. The van der Waals surface area contributed by atoms with Crippen LogP contribution in [0, 0.1) is 11.3 Å². The predicted molar refractivity (Wildman–Crippen MR) is 102 cm³/mol. The van der Waals surface area contributed by atoms with Gasteiger partial charge in [-0.1, -0.05) is 6.07 Å². The van der Waals surface area contributed by atoms with Crippen molar-refractivity contribution in [3.8, 4) is 17.6 Å². The Labute approximate surface area is 160 Å². The number of carbonyl (C=O) groups is 1. The fourth-order valence-corrected chi connectivity index (χ4v) is 2.65. The van der Waals surface area contributed by atoms with Gasteiger partial charge < -0.3 is 20.1 Å². The van der Waals surface area contributed by atoms with E-state index in [-0.39, 0.29) is 11.6 Å². The molecule has 2 N–H and O–H groups in total. The molecule has 1 aromatic heterocycles. The van der Waals surface area contributed by atoms with Crippen LogP contribution in [-0.4, -0.2) is 29.3 Å². The van der Waals surface area contributed by atoms with Crippen LogP contribution < -0.4 is 20.1 Å². The number of benzene rings is 2. The summed E-state index contributed by atoms with van der Waals surface area (Å²) in [5, 5.41) is 22.7. The monoisotopic (exact) mass is 373 g/mol. The number of hydrogen-bond donors (Lipinski definition) is 2. The number of ether oxygens (including phenoxy) is 2. The smallest absolute Gasteiger partial charge is 0.276 e. The molecule has 3 aromatic rings. The number of carbonyl (C=O) groups excluding carboxylic acids is 1. The largest absolute Gasteiger partial charge is 0.486 e. The Morgan fingerprint density at radius 3 is 2.61 bits per heavy atom. The molecule has 0 bridgehead atoms. The van der Waals surface area contributed by atoms with E-state index in [2.05, 4.69) is 26.9 Å². The number of amides is 1. The maximum atomic E-state index is 12.4. The molecule has 1 aliphatic rings. The van der Waals surface area contributed by atoms with Gasteiger partial charge in [-0.15, -0.1) is 10.2 Å². The summed E-state index contributed by atoms with van der Waals surface area (Å²) in [6.45, 7) is 0.983. The Morgan fingerprint density at radius 2 is 1.82 bits per heavy atom. The zero-order valence-electron chi connectivity index (χ0n) is 14.7. The van der Waals surface area contributed by atoms with E-state index in [0.717, 1.165) is 0 Å². The summed E-state index contributed by atoms with van der Waals surface area (Å²) in [6, 6.07) is 17.5. The third kappa shape index (κ3) is 3.83. The third-order valence-corrected chi connectivity index (χ3v) is 3.96. The number of hydrogen-bond acceptors (Lipinski definition) is 7. The molecule has 0 saturated heterocycles. The number of nitrogens with zero attached hydrogens (tertiary/aromatic N) is 3. The highest BCUT2D eigenvalue weighted by molar-refractivity contribution is 6.03. The van der Waals surface area contributed by atoms with Gasteiger partial charge in [0, 0.05) is 17.4 Å². The average molecular weight is 373 g/mol. The summed E-state index contributed by atoms with van der Waals surface area (Å²) in [5.41, 5.74) is 1.99. The quantitative estimate of drug-likeness (QED) is 0.723. The molecular formula is C20H15N5O3. The molecule has 0 fully saturated rings. The fourth-order valence-electron chi connectivity index (χ4n) is 2.65. The van der Waals surface area contributed by atoms with Crippen LogP contribution in [0.4, 0.5) is 17.2 Å². The Bertz CT molecular complexity index is 1060. The molecule has 8 nitrogen and oxygen atoms in total. The molecule has 0 spiro atoms. The summed E-state index contributed by atoms with van der Waals surface area (Å²) < 4.78 is 11.0. The first-order chi connectivity index (χ1) is 13.7. The first-order valence-corrected chi connectivity index (χ1v) is 8.53. The number of rotatable bonds is 4. The van der Waals surface area contributed by atoms with Gasteiger partial charge in [-0.3, -0.25) is 4.79 Å². The van der Waals surface area contributed by atoms with E-state index >= 15 is 0 Å². The second-order valence-electron chi connectivity index (χ2n) is 5.93. The van der Waals surface area contributed by atoms with E-state index in [4.69, 9.17) is 14.7 Å². The molecular weight excluding hydrogens is 358 g/mol. The van der Waals surface area contributed by atoms with Crippen molar-refractivity contribution in [1.29, 1.82) is 5.26 Å². The van der Waals surface area contributed by atoms with Gasteiger partial charge in [-0.2, -0.15) is 5.26 Å². The predicted octanol–water partition coefficient (Wildman–Crippen LogP) is 3.12. The molecule has 0 saturated carbocycles. The van der Waals surface area contributed by atoms with E-state index in [0.29, 0.717) is 47.5 Å². The number of nitriles is 1. The van der Waals surface area contributed by atoms with Gasteiger partial charge in [-0.25, -0.2) is 0 Å². The minimum absolute atomic E-state index is 0.172. The molecule has 1 aliphatic heterocycles. The van der Waals surface area contributed by atoms with Crippen molar-refractivity contribution in [1.82, 2.24) is 10.2 Å². The summed E-state index contributed by atoms with van der Waals surface area (Å²) >= 11 is 0. The van der Waals surface area contributed by atoms with E-state index in [1.807, 2.05) is 6.07 Å². The minimum atomic E-state index is -0.387. The third-order valence-electron chi connectivity index (χ3n) is 3.96. The summed E-state index contributed by atoms with van der Waals surface area (Å²) in [4.78, 5) is 12.4. The highest BCUT2D eigenvalue weighted by Gasteiger charge is 2.14. The first-order valence-electron chi connectivity index (χ1n) is 8.53. The Morgan fingerprint density at radius 1 is 0.964 bits per heavy atom. The second-order valence-corrected chi connectivity index (χ2v) is 5.93. The van der Waals surface area contributed by atoms with Crippen molar-refractivity contribution in [3.63, 3.8) is 0 Å². The van der Waals surface area contributed by atoms with Gasteiger partial charge in [-0.05, 0) is 42.5 Å². The molecule has 8 heteroatoms. The molecule has 0 atom stereocenters. The van der Waals surface area contributed by atoms with E-state index < -0.39 is 0 Å². The van der Waals surface area contributed by atoms with Crippen LogP contribution in [0.5, 0.6) is 11.5 Å².